The second-order valence-corrected chi connectivity index (χ2v) is 9.23. The molecule has 3 amide bonds. The first-order valence-corrected chi connectivity index (χ1v) is 12.5. The summed E-state index contributed by atoms with van der Waals surface area (Å²) < 4.78 is 13.5. The fourth-order valence-corrected chi connectivity index (χ4v) is 4.36. The van der Waals surface area contributed by atoms with Gasteiger partial charge in [-0.2, -0.15) is 0 Å². The van der Waals surface area contributed by atoms with Gasteiger partial charge in [-0.15, -0.1) is 6.58 Å². The Labute approximate surface area is 222 Å². The van der Waals surface area contributed by atoms with E-state index in [9.17, 15) is 18.8 Å². The van der Waals surface area contributed by atoms with Crippen LogP contribution in [0.1, 0.15) is 26.3 Å². The summed E-state index contributed by atoms with van der Waals surface area (Å²) in [4.78, 5) is 43.6. The number of rotatable bonds is 8. The zero-order chi connectivity index (χ0) is 27.1. The largest absolute Gasteiger partial charge is 0.368 e. The SMILES string of the molecule is C=CCN(CC(=O)Nc1ccc(N2CCN(C(=O)c3ccc(C)cc3)CC2)cc1)C(=O)c1cccc(F)c1. The van der Waals surface area contributed by atoms with Crippen LogP contribution in [0.4, 0.5) is 15.8 Å². The number of halogens is 1. The number of carbonyl (C=O) groups is 3. The van der Waals surface area contributed by atoms with Gasteiger partial charge >= 0.3 is 0 Å². The van der Waals surface area contributed by atoms with Crippen molar-refractivity contribution in [1.82, 2.24) is 9.80 Å². The number of benzene rings is 3. The monoisotopic (exact) mass is 514 g/mol. The molecule has 1 aliphatic rings. The van der Waals surface area contributed by atoms with Crippen LogP contribution in [-0.2, 0) is 4.79 Å². The number of nitrogens with zero attached hydrogens (tertiary/aromatic N) is 3. The molecule has 7 nitrogen and oxygen atoms in total. The fourth-order valence-electron chi connectivity index (χ4n) is 4.36. The molecule has 1 saturated heterocycles. The van der Waals surface area contributed by atoms with Crippen LogP contribution in [0.2, 0.25) is 0 Å². The van der Waals surface area contributed by atoms with Crippen molar-refractivity contribution in [3.8, 4) is 0 Å². The van der Waals surface area contributed by atoms with Gasteiger partial charge < -0.3 is 20.0 Å². The smallest absolute Gasteiger partial charge is 0.254 e. The summed E-state index contributed by atoms with van der Waals surface area (Å²) in [6.45, 7) is 8.28. The van der Waals surface area contributed by atoms with Crippen LogP contribution in [0.25, 0.3) is 0 Å². The Balaban J connectivity index is 1.30. The predicted molar refractivity (Wildman–Crippen MR) is 147 cm³/mol. The predicted octanol–water partition coefficient (Wildman–Crippen LogP) is 4.36. The van der Waals surface area contributed by atoms with Crippen LogP contribution >= 0.6 is 0 Å². The van der Waals surface area contributed by atoms with E-state index >= 15 is 0 Å². The van der Waals surface area contributed by atoms with Gasteiger partial charge in [0.05, 0.1) is 0 Å². The zero-order valence-corrected chi connectivity index (χ0v) is 21.4. The third-order valence-electron chi connectivity index (χ3n) is 6.42. The van der Waals surface area contributed by atoms with Gasteiger partial charge in [0.25, 0.3) is 11.8 Å². The molecule has 0 bridgehead atoms. The maximum Gasteiger partial charge on any atom is 0.254 e. The van der Waals surface area contributed by atoms with Crippen LogP contribution in [0.5, 0.6) is 0 Å². The van der Waals surface area contributed by atoms with E-state index in [0.29, 0.717) is 37.4 Å². The highest BCUT2D eigenvalue weighted by atomic mass is 19.1. The number of carbonyl (C=O) groups excluding carboxylic acids is 3. The lowest BCUT2D eigenvalue weighted by Crippen LogP contribution is -2.48. The summed E-state index contributed by atoms with van der Waals surface area (Å²) in [7, 11) is 0. The Morgan fingerprint density at radius 1 is 0.947 bits per heavy atom. The van der Waals surface area contributed by atoms with Gasteiger partial charge in [-0.1, -0.05) is 29.8 Å². The normalized spacial score (nSPS) is 13.1. The number of hydrogen-bond donors (Lipinski definition) is 1. The first kappa shape index (κ1) is 26.6. The van der Waals surface area contributed by atoms with Crippen LogP contribution < -0.4 is 10.2 Å². The number of amides is 3. The van der Waals surface area contributed by atoms with Crippen LogP contribution in [0.15, 0.2) is 85.5 Å². The molecule has 1 heterocycles. The molecule has 0 aromatic heterocycles. The van der Waals surface area contributed by atoms with E-state index in [1.54, 1.807) is 0 Å². The highest BCUT2D eigenvalue weighted by molar-refractivity contribution is 5.99. The van der Waals surface area contributed by atoms with Gasteiger partial charge in [0, 0.05) is 55.2 Å². The third kappa shape index (κ3) is 6.64. The molecule has 8 heteroatoms. The van der Waals surface area contributed by atoms with Crippen LogP contribution in [0.3, 0.4) is 0 Å². The molecule has 0 unspecified atom stereocenters. The number of hydrogen-bond acceptors (Lipinski definition) is 4. The average molecular weight is 515 g/mol. The van der Waals surface area contributed by atoms with Crippen molar-refractivity contribution in [2.24, 2.45) is 0 Å². The Kier molecular flexibility index (Phi) is 8.53. The van der Waals surface area contributed by atoms with Crippen molar-refractivity contribution >= 4 is 29.1 Å². The molecule has 1 fully saturated rings. The summed E-state index contributed by atoms with van der Waals surface area (Å²) >= 11 is 0. The molecular formula is C30H31FN4O3. The minimum Gasteiger partial charge on any atom is -0.368 e. The Hall–Kier alpha value is -4.46. The summed E-state index contributed by atoms with van der Waals surface area (Å²) in [6.07, 6.45) is 1.52. The molecule has 3 aromatic rings. The fraction of sp³-hybridized carbons (Fsp3) is 0.233. The molecule has 0 spiro atoms. The minimum atomic E-state index is -0.516. The molecule has 1 aliphatic heterocycles. The topological polar surface area (TPSA) is 73.0 Å². The van der Waals surface area contributed by atoms with Gasteiger partial charge in [-0.25, -0.2) is 4.39 Å². The summed E-state index contributed by atoms with van der Waals surface area (Å²) in [5, 5.41) is 2.81. The van der Waals surface area contributed by atoms with Gasteiger partial charge in [-0.3, -0.25) is 14.4 Å². The maximum atomic E-state index is 13.5. The lowest BCUT2D eigenvalue weighted by atomic mass is 10.1. The van der Waals surface area contributed by atoms with Crippen molar-refractivity contribution in [3.63, 3.8) is 0 Å². The average Bonchev–Trinajstić information content (AvgIpc) is 2.93. The van der Waals surface area contributed by atoms with E-state index in [1.807, 2.05) is 60.4 Å². The Morgan fingerprint density at radius 2 is 1.63 bits per heavy atom. The molecule has 0 aliphatic carbocycles. The molecule has 1 N–H and O–H groups in total. The standard InChI is InChI=1S/C30H31FN4O3/c1-3-15-35(30(38)24-5-4-6-25(31)20-24)21-28(36)32-26-11-13-27(14-12-26)33-16-18-34(19-17-33)29(37)23-9-7-22(2)8-10-23/h3-14,20H,1,15-19,21H2,2H3,(H,32,36). The second kappa shape index (κ2) is 12.2. The van der Waals surface area contributed by atoms with Gasteiger partial charge in [-0.05, 0) is 61.5 Å². The number of aryl methyl sites for hydroxylation is 1. The molecule has 3 aromatic carbocycles. The minimum absolute atomic E-state index is 0.0455. The molecular weight excluding hydrogens is 483 g/mol. The van der Waals surface area contributed by atoms with Crippen molar-refractivity contribution in [2.75, 3.05) is 49.5 Å². The van der Waals surface area contributed by atoms with Crippen LogP contribution in [0, 0.1) is 12.7 Å². The Morgan fingerprint density at radius 3 is 2.26 bits per heavy atom. The summed E-state index contributed by atoms with van der Waals surface area (Å²) in [5.41, 5.74) is 3.60. The quantitative estimate of drug-likeness (QED) is 0.454. The molecule has 38 heavy (non-hydrogen) atoms. The lowest BCUT2D eigenvalue weighted by molar-refractivity contribution is -0.116. The number of piperazine rings is 1. The van der Waals surface area contributed by atoms with Gasteiger partial charge in [0.1, 0.15) is 12.4 Å². The molecule has 0 radical (unpaired) electrons. The Bertz CT molecular complexity index is 1300. The van der Waals surface area contributed by atoms with Crippen LogP contribution in [-0.4, -0.2) is 66.8 Å². The highest BCUT2D eigenvalue weighted by Gasteiger charge is 2.23. The van der Waals surface area contributed by atoms with E-state index in [0.717, 1.165) is 17.3 Å². The van der Waals surface area contributed by atoms with Gasteiger partial charge in [0.2, 0.25) is 5.91 Å². The van der Waals surface area contributed by atoms with E-state index in [2.05, 4.69) is 16.8 Å². The molecule has 0 atom stereocenters. The summed E-state index contributed by atoms with van der Waals surface area (Å²) in [5.74, 6) is -1.29. The molecule has 4 rings (SSSR count). The second-order valence-electron chi connectivity index (χ2n) is 9.23. The zero-order valence-electron chi connectivity index (χ0n) is 21.4. The van der Waals surface area contributed by atoms with Gasteiger partial charge in [0.15, 0.2) is 0 Å². The number of anilines is 2. The van der Waals surface area contributed by atoms with Crippen molar-refractivity contribution < 1.29 is 18.8 Å². The summed E-state index contributed by atoms with van der Waals surface area (Å²) in [6, 6.07) is 20.5. The molecule has 196 valence electrons. The first-order valence-electron chi connectivity index (χ1n) is 12.5. The van der Waals surface area contributed by atoms with E-state index in [-0.39, 0.29) is 30.5 Å². The van der Waals surface area contributed by atoms with Crippen molar-refractivity contribution in [3.05, 3.63) is 108 Å². The van der Waals surface area contributed by atoms with E-state index < -0.39 is 11.7 Å². The lowest BCUT2D eigenvalue weighted by Gasteiger charge is -2.36. The molecule has 0 saturated carbocycles. The number of nitrogens with one attached hydrogen (secondary N) is 1. The van der Waals surface area contributed by atoms with E-state index in [4.69, 9.17) is 0 Å². The highest BCUT2D eigenvalue weighted by Crippen LogP contribution is 2.20. The van der Waals surface area contributed by atoms with Crippen molar-refractivity contribution in [1.29, 1.82) is 0 Å². The first-order chi connectivity index (χ1) is 18.3. The third-order valence-corrected chi connectivity index (χ3v) is 6.42. The van der Waals surface area contributed by atoms with Crippen molar-refractivity contribution in [2.45, 2.75) is 6.92 Å². The van der Waals surface area contributed by atoms with E-state index in [1.165, 1.54) is 29.2 Å². The maximum absolute atomic E-state index is 13.5.